The summed E-state index contributed by atoms with van der Waals surface area (Å²) in [5.41, 5.74) is 0.0799. The molecule has 56 valence electrons. The van der Waals surface area contributed by atoms with Crippen molar-refractivity contribution in [1.82, 2.24) is 5.32 Å². The Morgan fingerprint density at radius 2 is 2.30 bits per heavy atom. The summed E-state index contributed by atoms with van der Waals surface area (Å²) < 4.78 is 0. The molecule has 2 rings (SSSR count). The molecule has 0 bridgehead atoms. The van der Waals surface area contributed by atoms with E-state index >= 15 is 0 Å². The van der Waals surface area contributed by atoms with E-state index in [-0.39, 0.29) is 5.41 Å². The van der Waals surface area contributed by atoms with E-state index in [1.807, 2.05) is 0 Å². The predicted molar refractivity (Wildman–Crippen MR) is 38.8 cm³/mol. The van der Waals surface area contributed by atoms with Crippen molar-refractivity contribution in [3.05, 3.63) is 0 Å². The fraction of sp³-hybridized carbons (Fsp3) is 0.875. The van der Waals surface area contributed by atoms with Crippen molar-refractivity contribution >= 4 is 6.29 Å². The van der Waals surface area contributed by atoms with Crippen LogP contribution in [0.2, 0.25) is 0 Å². The lowest BCUT2D eigenvalue weighted by Crippen LogP contribution is -2.32. The SMILES string of the molecule is O=CC1(C2CCCN2)CC1. The molecule has 0 aromatic heterocycles. The molecule has 2 fully saturated rings. The number of aldehydes is 1. The maximum Gasteiger partial charge on any atom is 0.127 e. The molecule has 10 heavy (non-hydrogen) atoms. The van der Waals surface area contributed by atoms with Gasteiger partial charge in [-0.15, -0.1) is 0 Å². The molecule has 1 aliphatic carbocycles. The summed E-state index contributed by atoms with van der Waals surface area (Å²) in [5.74, 6) is 0. The minimum Gasteiger partial charge on any atom is -0.313 e. The van der Waals surface area contributed by atoms with Crippen LogP contribution < -0.4 is 5.32 Å². The first-order chi connectivity index (χ1) is 4.87. The predicted octanol–water partition coefficient (Wildman–Crippen LogP) is 0.718. The van der Waals surface area contributed by atoms with Gasteiger partial charge in [-0.3, -0.25) is 0 Å². The lowest BCUT2D eigenvalue weighted by Gasteiger charge is -2.15. The second-order valence-corrected chi connectivity index (χ2v) is 3.50. The van der Waals surface area contributed by atoms with Crippen LogP contribution in [-0.4, -0.2) is 18.9 Å². The first kappa shape index (κ1) is 6.35. The number of carbonyl (C=O) groups excluding carboxylic acids is 1. The van der Waals surface area contributed by atoms with Crippen LogP contribution in [0, 0.1) is 5.41 Å². The van der Waals surface area contributed by atoms with Crippen LogP contribution in [0.15, 0.2) is 0 Å². The number of rotatable bonds is 2. The Balaban J connectivity index is 2.03. The van der Waals surface area contributed by atoms with Crippen LogP contribution in [0.25, 0.3) is 0 Å². The van der Waals surface area contributed by atoms with E-state index in [9.17, 15) is 4.79 Å². The van der Waals surface area contributed by atoms with Crippen LogP contribution in [0.1, 0.15) is 25.7 Å². The summed E-state index contributed by atoms with van der Waals surface area (Å²) in [5, 5.41) is 3.38. The second-order valence-electron chi connectivity index (χ2n) is 3.50. The summed E-state index contributed by atoms with van der Waals surface area (Å²) in [4.78, 5) is 10.6. The average molecular weight is 139 g/mol. The molecule has 0 spiro atoms. The summed E-state index contributed by atoms with van der Waals surface area (Å²) in [6.45, 7) is 1.11. The molecule has 2 aliphatic rings. The van der Waals surface area contributed by atoms with Crippen molar-refractivity contribution in [3.63, 3.8) is 0 Å². The molecule has 0 radical (unpaired) electrons. The van der Waals surface area contributed by atoms with Crippen LogP contribution in [0.4, 0.5) is 0 Å². The minimum atomic E-state index is 0.0799. The molecule has 1 saturated heterocycles. The highest BCUT2D eigenvalue weighted by Crippen LogP contribution is 2.48. The Morgan fingerprint density at radius 3 is 2.70 bits per heavy atom. The highest BCUT2D eigenvalue weighted by Gasteiger charge is 2.49. The van der Waals surface area contributed by atoms with Crippen molar-refractivity contribution in [2.75, 3.05) is 6.54 Å². The van der Waals surface area contributed by atoms with Crippen LogP contribution in [0.5, 0.6) is 0 Å². The fourth-order valence-corrected chi connectivity index (χ4v) is 1.87. The molecule has 2 nitrogen and oxygen atoms in total. The van der Waals surface area contributed by atoms with Gasteiger partial charge >= 0.3 is 0 Å². The molecule has 0 aromatic rings. The zero-order chi connectivity index (χ0) is 7.03. The molecule has 1 aliphatic heterocycles. The molecule has 0 aromatic carbocycles. The Kier molecular flexibility index (Phi) is 1.31. The van der Waals surface area contributed by atoms with Crippen molar-refractivity contribution < 1.29 is 4.79 Å². The maximum atomic E-state index is 10.6. The van der Waals surface area contributed by atoms with Crippen LogP contribution >= 0.6 is 0 Å². The van der Waals surface area contributed by atoms with E-state index < -0.39 is 0 Å². The Morgan fingerprint density at radius 1 is 1.50 bits per heavy atom. The second kappa shape index (κ2) is 2.06. The van der Waals surface area contributed by atoms with E-state index in [0.29, 0.717) is 6.04 Å². The van der Waals surface area contributed by atoms with Crippen molar-refractivity contribution in [2.45, 2.75) is 31.7 Å². The third kappa shape index (κ3) is 0.788. The van der Waals surface area contributed by atoms with Gasteiger partial charge in [0.2, 0.25) is 0 Å². The maximum absolute atomic E-state index is 10.6. The van der Waals surface area contributed by atoms with Gasteiger partial charge in [-0.25, -0.2) is 0 Å². The number of hydrogen-bond acceptors (Lipinski definition) is 2. The highest BCUT2D eigenvalue weighted by molar-refractivity contribution is 5.65. The van der Waals surface area contributed by atoms with Gasteiger partial charge in [0.15, 0.2) is 0 Å². The quantitative estimate of drug-likeness (QED) is 0.571. The lowest BCUT2D eigenvalue weighted by molar-refractivity contribution is -0.113. The first-order valence-corrected chi connectivity index (χ1v) is 4.07. The number of nitrogens with one attached hydrogen (secondary N) is 1. The van der Waals surface area contributed by atoms with Gasteiger partial charge in [-0.1, -0.05) is 0 Å². The number of carbonyl (C=O) groups is 1. The molecule has 2 heteroatoms. The van der Waals surface area contributed by atoms with E-state index in [1.165, 1.54) is 12.8 Å². The average Bonchev–Trinajstić information content (AvgIpc) is 2.58. The van der Waals surface area contributed by atoms with Crippen molar-refractivity contribution in [2.24, 2.45) is 5.41 Å². The Hall–Kier alpha value is -0.370. The summed E-state index contributed by atoms with van der Waals surface area (Å²) in [6, 6.07) is 0.519. The minimum absolute atomic E-state index is 0.0799. The Labute approximate surface area is 61.0 Å². The van der Waals surface area contributed by atoms with Crippen LogP contribution in [0.3, 0.4) is 0 Å². The van der Waals surface area contributed by atoms with E-state index in [4.69, 9.17) is 0 Å². The van der Waals surface area contributed by atoms with Crippen molar-refractivity contribution in [1.29, 1.82) is 0 Å². The third-order valence-corrected chi connectivity index (χ3v) is 2.82. The van der Waals surface area contributed by atoms with E-state index in [1.54, 1.807) is 0 Å². The van der Waals surface area contributed by atoms with Crippen molar-refractivity contribution in [3.8, 4) is 0 Å². The molecular weight excluding hydrogens is 126 g/mol. The molecule has 1 heterocycles. The van der Waals surface area contributed by atoms with Crippen LogP contribution in [-0.2, 0) is 4.79 Å². The zero-order valence-corrected chi connectivity index (χ0v) is 6.10. The van der Waals surface area contributed by atoms with Gasteiger partial charge in [-0.2, -0.15) is 0 Å². The highest BCUT2D eigenvalue weighted by atomic mass is 16.1. The number of hydrogen-bond donors (Lipinski definition) is 1. The topological polar surface area (TPSA) is 29.1 Å². The molecule has 1 unspecified atom stereocenters. The van der Waals surface area contributed by atoms with Gasteiger partial charge in [0.1, 0.15) is 6.29 Å². The lowest BCUT2D eigenvalue weighted by atomic mass is 9.97. The molecule has 1 saturated carbocycles. The first-order valence-electron chi connectivity index (χ1n) is 4.07. The monoisotopic (exact) mass is 139 g/mol. The standard InChI is InChI=1S/C8H13NO/c10-6-8(3-4-8)7-2-1-5-9-7/h6-7,9H,1-5H2. The van der Waals surface area contributed by atoms with Gasteiger partial charge in [0, 0.05) is 11.5 Å². The van der Waals surface area contributed by atoms with Gasteiger partial charge in [-0.05, 0) is 32.2 Å². The van der Waals surface area contributed by atoms with Gasteiger partial charge in [0.25, 0.3) is 0 Å². The molecular formula is C8H13NO. The van der Waals surface area contributed by atoms with Gasteiger partial charge < -0.3 is 10.1 Å². The Bertz CT molecular complexity index is 145. The molecule has 0 amide bonds. The normalized spacial score (nSPS) is 35.8. The van der Waals surface area contributed by atoms with E-state index in [2.05, 4.69) is 5.32 Å². The van der Waals surface area contributed by atoms with Gasteiger partial charge in [0.05, 0.1) is 0 Å². The summed E-state index contributed by atoms with van der Waals surface area (Å²) >= 11 is 0. The zero-order valence-electron chi connectivity index (χ0n) is 6.10. The fourth-order valence-electron chi connectivity index (χ4n) is 1.87. The molecule has 1 atom stereocenters. The summed E-state index contributed by atoms with van der Waals surface area (Å²) in [6.07, 6.45) is 5.86. The molecule has 1 N–H and O–H groups in total. The largest absolute Gasteiger partial charge is 0.313 e. The van der Waals surface area contributed by atoms with E-state index in [0.717, 1.165) is 25.7 Å². The smallest absolute Gasteiger partial charge is 0.127 e. The summed E-state index contributed by atoms with van der Waals surface area (Å²) in [7, 11) is 0. The third-order valence-electron chi connectivity index (χ3n) is 2.82.